The Bertz CT molecular complexity index is 116. The van der Waals surface area contributed by atoms with E-state index in [0.717, 1.165) is 19.0 Å². The number of hydrogen-bond acceptors (Lipinski definition) is 1. The van der Waals surface area contributed by atoms with Crippen LogP contribution in [0.4, 0.5) is 0 Å². The third kappa shape index (κ3) is 4.10. The molecular weight excluding hydrogens is 122 g/mol. The monoisotopic (exact) mass is 136 g/mol. The highest BCUT2D eigenvalue weighted by atomic mass is 14.9. The molecule has 0 rings (SSSR count). The Kier molecular flexibility index (Phi) is 5.79. The van der Waals surface area contributed by atoms with Gasteiger partial charge in [-0.25, -0.2) is 0 Å². The largest absolute Gasteiger partial charge is 0.302 e. The summed E-state index contributed by atoms with van der Waals surface area (Å²) in [7, 11) is 0. The van der Waals surface area contributed by atoms with E-state index in [1.54, 1.807) is 6.08 Å². The minimum absolute atomic E-state index is 0.787. The van der Waals surface area contributed by atoms with Crippen LogP contribution in [-0.4, -0.2) is 6.54 Å². The van der Waals surface area contributed by atoms with Gasteiger partial charge in [-0.05, 0) is 6.42 Å². The van der Waals surface area contributed by atoms with Crippen LogP contribution in [0.25, 0.3) is 0 Å². The van der Waals surface area contributed by atoms with Crippen LogP contribution in [0.1, 0.15) is 6.42 Å². The van der Waals surface area contributed by atoms with Crippen molar-refractivity contribution < 1.29 is 0 Å². The second-order valence-corrected chi connectivity index (χ2v) is 1.89. The zero-order valence-corrected chi connectivity index (χ0v) is 6.27. The molecule has 0 aliphatic heterocycles. The van der Waals surface area contributed by atoms with Gasteiger partial charge in [0.1, 0.15) is 0 Å². The van der Waals surface area contributed by atoms with Crippen molar-refractivity contribution in [1.29, 1.82) is 0 Å². The van der Waals surface area contributed by atoms with Crippen molar-refractivity contribution in [2.75, 3.05) is 6.54 Å². The molecule has 0 aromatic rings. The zero-order chi connectivity index (χ0) is 7.82. The number of nitrogens with one attached hydrogen (secondary N) is 1. The van der Waals surface area contributed by atoms with E-state index in [4.69, 9.17) is 0 Å². The maximum Gasteiger partial charge on any atom is 0.0623 e. The predicted octanol–water partition coefficient (Wildman–Crippen LogP) is 2.06. The van der Waals surface area contributed by atoms with Gasteiger partial charge in [-0.1, -0.05) is 18.2 Å². The topological polar surface area (TPSA) is 12.0 Å². The fourth-order valence-electron chi connectivity index (χ4n) is 0.586. The second kappa shape index (κ2) is 6.30. The third-order valence-electron chi connectivity index (χ3n) is 1.08. The molecule has 0 amide bonds. The number of rotatable bonds is 6. The molecule has 1 radical (unpaired) electrons. The summed E-state index contributed by atoms with van der Waals surface area (Å²) in [6.45, 7) is 11.7. The minimum atomic E-state index is 0.787. The standard InChI is InChI=1S/C9H14N/c1-4-7-9(6-3)10-8-5-2/h4-6,10H,1-3,7-8H2. The minimum Gasteiger partial charge on any atom is -0.302 e. The van der Waals surface area contributed by atoms with Gasteiger partial charge in [0, 0.05) is 6.54 Å². The molecule has 0 spiro atoms. The fraction of sp³-hybridized carbons (Fsp3) is 0.222. The van der Waals surface area contributed by atoms with Gasteiger partial charge >= 0.3 is 0 Å². The summed E-state index contributed by atoms with van der Waals surface area (Å²) in [5.74, 6) is 0. The second-order valence-electron chi connectivity index (χ2n) is 1.89. The molecule has 0 bridgehead atoms. The SMILES string of the molecule is C=CCN[C](C=C)CC=C. The summed E-state index contributed by atoms with van der Waals surface area (Å²) < 4.78 is 0. The van der Waals surface area contributed by atoms with E-state index in [1.807, 2.05) is 12.2 Å². The maximum atomic E-state index is 3.65. The molecule has 1 N–H and O–H groups in total. The maximum absolute atomic E-state index is 3.65. The molecule has 0 heterocycles. The van der Waals surface area contributed by atoms with Crippen molar-refractivity contribution in [3.05, 3.63) is 44.0 Å². The van der Waals surface area contributed by atoms with E-state index in [2.05, 4.69) is 25.1 Å². The first-order valence-corrected chi connectivity index (χ1v) is 3.29. The van der Waals surface area contributed by atoms with Gasteiger partial charge in [-0.2, -0.15) is 0 Å². The van der Waals surface area contributed by atoms with Crippen molar-refractivity contribution in [1.82, 2.24) is 5.32 Å². The summed E-state index contributed by atoms with van der Waals surface area (Å²) in [5.41, 5.74) is 0. The Balaban J connectivity index is 3.47. The molecule has 0 aliphatic rings. The van der Waals surface area contributed by atoms with Crippen LogP contribution in [0.3, 0.4) is 0 Å². The van der Waals surface area contributed by atoms with E-state index < -0.39 is 0 Å². The molecule has 0 saturated heterocycles. The molecule has 0 aliphatic carbocycles. The van der Waals surface area contributed by atoms with Crippen molar-refractivity contribution >= 4 is 0 Å². The Labute approximate surface area is 63.1 Å². The lowest BCUT2D eigenvalue weighted by Crippen LogP contribution is -2.18. The van der Waals surface area contributed by atoms with Crippen molar-refractivity contribution in [3.8, 4) is 0 Å². The molecule has 0 fully saturated rings. The van der Waals surface area contributed by atoms with Gasteiger partial charge in [-0.3, -0.25) is 0 Å². The number of hydrogen-bond donors (Lipinski definition) is 1. The highest BCUT2D eigenvalue weighted by Gasteiger charge is 1.97. The van der Waals surface area contributed by atoms with E-state index in [9.17, 15) is 0 Å². The van der Waals surface area contributed by atoms with E-state index in [-0.39, 0.29) is 0 Å². The summed E-state index contributed by atoms with van der Waals surface area (Å²) in [6, 6.07) is 1.09. The predicted molar refractivity (Wildman–Crippen MR) is 46.5 cm³/mol. The van der Waals surface area contributed by atoms with E-state index in [0.29, 0.717) is 0 Å². The molecule has 0 atom stereocenters. The summed E-state index contributed by atoms with van der Waals surface area (Å²) in [4.78, 5) is 0. The average Bonchev–Trinajstić information content (AvgIpc) is 1.98. The summed E-state index contributed by atoms with van der Waals surface area (Å²) in [6.07, 6.45) is 6.29. The van der Waals surface area contributed by atoms with Crippen LogP contribution in [-0.2, 0) is 0 Å². The van der Waals surface area contributed by atoms with E-state index >= 15 is 0 Å². The highest BCUT2D eigenvalue weighted by Crippen LogP contribution is 2.01. The molecule has 1 heteroatoms. The highest BCUT2D eigenvalue weighted by molar-refractivity contribution is 5.07. The molecular formula is C9H14N. The van der Waals surface area contributed by atoms with Gasteiger partial charge in [0.2, 0.25) is 0 Å². The van der Waals surface area contributed by atoms with Crippen LogP contribution in [0.2, 0.25) is 0 Å². The average molecular weight is 136 g/mol. The first-order valence-electron chi connectivity index (χ1n) is 3.29. The molecule has 10 heavy (non-hydrogen) atoms. The Morgan fingerprint density at radius 3 is 2.30 bits per heavy atom. The lowest BCUT2D eigenvalue weighted by atomic mass is 10.2. The van der Waals surface area contributed by atoms with Crippen LogP contribution in [0.15, 0.2) is 38.0 Å². The van der Waals surface area contributed by atoms with E-state index in [1.165, 1.54) is 0 Å². The lowest BCUT2D eigenvalue weighted by Gasteiger charge is -2.08. The summed E-state index contributed by atoms with van der Waals surface area (Å²) in [5, 5.41) is 3.13. The molecule has 0 aromatic heterocycles. The molecule has 1 nitrogen and oxygen atoms in total. The zero-order valence-electron chi connectivity index (χ0n) is 6.27. The van der Waals surface area contributed by atoms with Crippen LogP contribution < -0.4 is 5.32 Å². The van der Waals surface area contributed by atoms with Gasteiger partial charge in [0.25, 0.3) is 0 Å². The third-order valence-corrected chi connectivity index (χ3v) is 1.08. The van der Waals surface area contributed by atoms with Crippen molar-refractivity contribution in [2.24, 2.45) is 0 Å². The van der Waals surface area contributed by atoms with Gasteiger partial charge < -0.3 is 5.32 Å². The van der Waals surface area contributed by atoms with Crippen LogP contribution in [0.5, 0.6) is 0 Å². The fourth-order valence-corrected chi connectivity index (χ4v) is 0.586. The first kappa shape index (κ1) is 9.18. The van der Waals surface area contributed by atoms with Gasteiger partial charge in [-0.15, -0.1) is 19.7 Å². The lowest BCUT2D eigenvalue weighted by molar-refractivity contribution is 0.782. The Hall–Kier alpha value is -0.820. The van der Waals surface area contributed by atoms with Crippen LogP contribution >= 0.6 is 0 Å². The molecule has 0 unspecified atom stereocenters. The quantitative estimate of drug-likeness (QED) is 0.551. The van der Waals surface area contributed by atoms with Crippen LogP contribution in [0, 0.1) is 6.04 Å². The first-order chi connectivity index (χ1) is 4.85. The Morgan fingerprint density at radius 2 is 1.90 bits per heavy atom. The Morgan fingerprint density at radius 1 is 1.20 bits per heavy atom. The molecule has 0 saturated carbocycles. The molecule has 55 valence electrons. The van der Waals surface area contributed by atoms with Crippen molar-refractivity contribution in [3.63, 3.8) is 0 Å². The summed E-state index contributed by atoms with van der Waals surface area (Å²) >= 11 is 0. The van der Waals surface area contributed by atoms with Gasteiger partial charge in [0.15, 0.2) is 0 Å². The smallest absolute Gasteiger partial charge is 0.0623 e. The van der Waals surface area contributed by atoms with Gasteiger partial charge in [0.05, 0.1) is 6.04 Å². The normalized spacial score (nSPS) is 9.30. The van der Waals surface area contributed by atoms with Crippen molar-refractivity contribution in [2.45, 2.75) is 6.42 Å². The molecule has 0 aromatic carbocycles.